The van der Waals surface area contributed by atoms with Gasteiger partial charge in [0, 0.05) is 0 Å². The topological polar surface area (TPSA) is 90.7 Å². The second-order valence-corrected chi connectivity index (χ2v) is 4.51. The molecule has 86 valence electrons. The van der Waals surface area contributed by atoms with Crippen LogP contribution in [0.3, 0.4) is 0 Å². The minimum absolute atomic E-state index is 0.0864. The number of halogens is 2. The van der Waals surface area contributed by atoms with Crippen LogP contribution < -0.4 is 0 Å². The lowest BCUT2D eigenvalue weighted by atomic mass is 10.2. The normalized spacial score (nSPS) is 10.7. The Labute approximate surface area is 114 Å². The van der Waals surface area contributed by atoms with Crippen LogP contribution in [0.4, 0.5) is 0 Å². The number of hydrogen-bond donors (Lipinski definition) is 0. The summed E-state index contributed by atoms with van der Waals surface area (Å²) in [4.78, 5) is 4.17. The van der Waals surface area contributed by atoms with Gasteiger partial charge in [0.1, 0.15) is 33.9 Å². The van der Waals surface area contributed by atoms with Crippen molar-refractivity contribution in [3.8, 4) is 12.1 Å². The van der Waals surface area contributed by atoms with E-state index in [2.05, 4.69) is 13.7 Å². The van der Waals surface area contributed by atoms with Gasteiger partial charge in [-0.1, -0.05) is 23.2 Å². The van der Waals surface area contributed by atoms with Gasteiger partial charge < -0.3 is 0 Å². The van der Waals surface area contributed by atoms with Gasteiger partial charge in [0.05, 0.1) is 11.7 Å². The molecule has 3 heterocycles. The second kappa shape index (κ2) is 3.79. The Morgan fingerprint density at radius 2 is 1.78 bits per heavy atom. The van der Waals surface area contributed by atoms with Crippen molar-refractivity contribution in [2.45, 2.75) is 0 Å². The Kier molecular flexibility index (Phi) is 2.35. The molecule has 0 amide bonds. The van der Waals surface area contributed by atoms with E-state index >= 15 is 0 Å². The number of nitrogens with zero attached hydrogens (tertiary/aromatic N) is 6. The van der Waals surface area contributed by atoms with E-state index in [4.69, 9.17) is 33.7 Å². The Balaban J connectivity index is 2.65. The Bertz CT molecular complexity index is 881. The Hall–Kier alpha value is -1.93. The highest BCUT2D eigenvalue weighted by Crippen LogP contribution is 2.31. The van der Waals surface area contributed by atoms with Crippen LogP contribution in [-0.4, -0.2) is 18.1 Å². The number of nitriles is 2. The van der Waals surface area contributed by atoms with Crippen molar-refractivity contribution in [1.82, 2.24) is 18.1 Å². The van der Waals surface area contributed by atoms with Gasteiger partial charge >= 0.3 is 0 Å². The van der Waals surface area contributed by atoms with Crippen LogP contribution in [0.1, 0.15) is 11.1 Å². The molecule has 6 nitrogen and oxygen atoms in total. The highest BCUT2D eigenvalue weighted by atomic mass is 35.5. The predicted molar refractivity (Wildman–Crippen MR) is 65.6 cm³/mol. The van der Waals surface area contributed by atoms with Gasteiger partial charge in [-0.3, -0.25) is 4.40 Å². The van der Waals surface area contributed by atoms with E-state index in [1.165, 1.54) is 4.40 Å². The lowest BCUT2D eigenvalue weighted by Crippen LogP contribution is -1.84. The zero-order chi connectivity index (χ0) is 12.9. The number of fused-ring (bicyclic) bond motifs is 3. The maximum atomic E-state index is 9.08. The van der Waals surface area contributed by atoms with Crippen LogP contribution in [0.5, 0.6) is 0 Å². The number of hydrogen-bond acceptors (Lipinski definition) is 6. The highest BCUT2D eigenvalue weighted by molar-refractivity contribution is 6.99. The SMILES string of the molecule is N#Cc1c(C#N)c2nc3c(Cl)nsnc3n2c1Cl. The molecule has 3 aromatic heterocycles. The summed E-state index contributed by atoms with van der Waals surface area (Å²) in [6.07, 6.45) is 0. The van der Waals surface area contributed by atoms with Gasteiger partial charge in [-0.2, -0.15) is 19.3 Å². The molecule has 0 atom stereocenters. The molecule has 0 saturated carbocycles. The lowest BCUT2D eigenvalue weighted by molar-refractivity contribution is 1.24. The van der Waals surface area contributed by atoms with Crippen LogP contribution >= 0.6 is 34.9 Å². The third-order valence-corrected chi connectivity index (χ3v) is 3.64. The van der Waals surface area contributed by atoms with E-state index < -0.39 is 0 Å². The zero-order valence-electron chi connectivity index (χ0n) is 8.35. The van der Waals surface area contributed by atoms with Gasteiger partial charge in [0.15, 0.2) is 16.4 Å². The van der Waals surface area contributed by atoms with Crippen molar-refractivity contribution in [2.75, 3.05) is 0 Å². The van der Waals surface area contributed by atoms with E-state index in [1.807, 2.05) is 12.1 Å². The maximum Gasteiger partial charge on any atom is 0.183 e. The van der Waals surface area contributed by atoms with E-state index in [9.17, 15) is 0 Å². The smallest absolute Gasteiger partial charge is 0.183 e. The summed E-state index contributed by atoms with van der Waals surface area (Å²) in [5.41, 5.74) is 1.21. The molecule has 0 radical (unpaired) electrons. The zero-order valence-corrected chi connectivity index (χ0v) is 10.7. The monoisotopic (exact) mass is 294 g/mol. The molecular weight excluding hydrogens is 295 g/mol. The van der Waals surface area contributed by atoms with E-state index in [1.54, 1.807) is 0 Å². The minimum atomic E-state index is 0.0864. The van der Waals surface area contributed by atoms with Crippen LogP contribution in [0.25, 0.3) is 16.8 Å². The third-order valence-electron chi connectivity index (χ3n) is 2.40. The van der Waals surface area contributed by atoms with Gasteiger partial charge in [-0.15, -0.1) is 0 Å². The van der Waals surface area contributed by atoms with E-state index in [0.29, 0.717) is 11.2 Å². The van der Waals surface area contributed by atoms with Crippen LogP contribution in [0, 0.1) is 22.7 Å². The summed E-state index contributed by atoms with van der Waals surface area (Å²) >= 11 is 12.9. The maximum absolute atomic E-state index is 9.08. The summed E-state index contributed by atoms with van der Waals surface area (Å²) in [7, 11) is 0. The highest BCUT2D eigenvalue weighted by Gasteiger charge is 2.23. The van der Waals surface area contributed by atoms with Crippen molar-refractivity contribution >= 4 is 51.7 Å². The quantitative estimate of drug-likeness (QED) is 0.635. The Morgan fingerprint density at radius 3 is 2.44 bits per heavy atom. The van der Waals surface area contributed by atoms with Crippen molar-refractivity contribution < 1.29 is 0 Å². The second-order valence-electron chi connectivity index (χ2n) is 3.26. The van der Waals surface area contributed by atoms with Gasteiger partial charge in [-0.05, 0) is 0 Å². The number of imidazole rings is 1. The molecule has 0 bridgehead atoms. The molecule has 0 saturated heterocycles. The van der Waals surface area contributed by atoms with E-state index in [0.717, 1.165) is 11.7 Å². The van der Waals surface area contributed by atoms with Gasteiger partial charge in [0.2, 0.25) is 0 Å². The molecule has 0 spiro atoms. The van der Waals surface area contributed by atoms with Crippen molar-refractivity contribution in [3.63, 3.8) is 0 Å². The van der Waals surface area contributed by atoms with Gasteiger partial charge in [-0.25, -0.2) is 4.98 Å². The first-order valence-electron chi connectivity index (χ1n) is 4.51. The molecule has 0 fully saturated rings. The predicted octanol–water partition coefficient (Wildman–Crippen LogP) is 2.39. The molecule has 9 heteroatoms. The third kappa shape index (κ3) is 1.24. The fourth-order valence-corrected chi connectivity index (χ4v) is 2.62. The number of aromatic nitrogens is 4. The van der Waals surface area contributed by atoms with Crippen LogP contribution in [0.15, 0.2) is 0 Å². The van der Waals surface area contributed by atoms with Crippen LogP contribution in [-0.2, 0) is 0 Å². The molecular formula is C9Cl2N6S. The van der Waals surface area contributed by atoms with Crippen molar-refractivity contribution in [3.05, 3.63) is 21.4 Å². The average Bonchev–Trinajstić information content (AvgIpc) is 2.86. The summed E-state index contributed by atoms with van der Waals surface area (Å²) in [6.45, 7) is 0. The van der Waals surface area contributed by atoms with E-state index in [-0.39, 0.29) is 27.1 Å². The molecule has 0 unspecified atom stereocenters. The summed E-state index contributed by atoms with van der Waals surface area (Å²) in [5, 5.41) is 18.4. The molecule has 18 heavy (non-hydrogen) atoms. The minimum Gasteiger partial charge on any atom is -0.263 e. The molecule has 3 aromatic rings. The number of rotatable bonds is 0. The molecule has 3 rings (SSSR count). The van der Waals surface area contributed by atoms with Crippen molar-refractivity contribution in [2.24, 2.45) is 0 Å². The standard InChI is InChI=1S/C9Cl2N6S/c10-6-5-9(16-18-15-6)17-7(11)3(1-12)4(2-13)8(17)14-5. The lowest BCUT2D eigenvalue weighted by Gasteiger charge is -1.91. The molecule has 0 aromatic carbocycles. The average molecular weight is 295 g/mol. The van der Waals surface area contributed by atoms with Crippen LogP contribution in [0.2, 0.25) is 10.3 Å². The first-order chi connectivity index (χ1) is 8.69. The summed E-state index contributed by atoms with van der Waals surface area (Å²) in [5.74, 6) is 0. The fourth-order valence-electron chi connectivity index (χ4n) is 1.66. The van der Waals surface area contributed by atoms with Crippen molar-refractivity contribution in [1.29, 1.82) is 10.5 Å². The molecule has 0 aliphatic carbocycles. The Morgan fingerprint density at radius 1 is 1.06 bits per heavy atom. The molecule has 0 aliphatic rings. The first-order valence-corrected chi connectivity index (χ1v) is 5.99. The summed E-state index contributed by atoms with van der Waals surface area (Å²) in [6, 6.07) is 3.79. The largest absolute Gasteiger partial charge is 0.263 e. The molecule has 0 aliphatic heterocycles. The summed E-state index contributed by atoms with van der Waals surface area (Å²) < 4.78 is 9.33. The first kappa shape index (κ1) is 11.2. The van der Waals surface area contributed by atoms with Gasteiger partial charge in [0.25, 0.3) is 0 Å². The fraction of sp³-hybridized carbons (Fsp3) is 0. The molecule has 0 N–H and O–H groups in total.